The first-order valence-corrected chi connectivity index (χ1v) is 7.56. The Labute approximate surface area is 118 Å². The second-order valence-electron chi connectivity index (χ2n) is 4.05. The topological polar surface area (TPSA) is 63.2 Å². The van der Waals surface area contributed by atoms with Crippen molar-refractivity contribution in [2.75, 3.05) is 12.3 Å². The molecule has 0 saturated carbocycles. The number of hydrogen-bond donors (Lipinski definition) is 1. The third-order valence-corrected chi connectivity index (χ3v) is 3.82. The normalized spacial score (nSPS) is 12.2. The molecule has 1 N–H and O–H groups in total. The van der Waals surface area contributed by atoms with E-state index in [9.17, 15) is 26.4 Å². The Morgan fingerprint density at radius 3 is 2.50 bits per heavy atom. The van der Waals surface area contributed by atoms with E-state index in [4.69, 9.17) is 11.6 Å². The van der Waals surface area contributed by atoms with Crippen molar-refractivity contribution < 1.29 is 26.4 Å². The van der Waals surface area contributed by atoms with E-state index in [0.717, 1.165) is 0 Å². The van der Waals surface area contributed by atoms with Crippen molar-refractivity contribution >= 4 is 27.3 Å². The van der Waals surface area contributed by atoms with Gasteiger partial charge in [0.25, 0.3) is 0 Å². The molecule has 0 aliphatic rings. The van der Waals surface area contributed by atoms with E-state index in [1.807, 2.05) is 0 Å². The van der Waals surface area contributed by atoms with Gasteiger partial charge in [-0.3, -0.25) is 4.79 Å². The lowest BCUT2D eigenvalue weighted by atomic mass is 10.2. The van der Waals surface area contributed by atoms with Crippen molar-refractivity contribution in [3.63, 3.8) is 0 Å². The first kappa shape index (κ1) is 16.8. The molecule has 1 rings (SSSR count). The lowest BCUT2D eigenvalue weighted by molar-refractivity contribution is -0.137. The SMILES string of the molecule is O=C(CS(=O)(=O)Cc1cccc(Cl)c1)NCC(F)(F)F. The number of carbonyl (C=O) groups is 1. The van der Waals surface area contributed by atoms with Crippen molar-refractivity contribution in [1.82, 2.24) is 5.32 Å². The number of amides is 1. The van der Waals surface area contributed by atoms with Gasteiger partial charge in [0.2, 0.25) is 5.91 Å². The first-order chi connectivity index (χ1) is 9.07. The van der Waals surface area contributed by atoms with E-state index in [1.165, 1.54) is 23.5 Å². The molecule has 0 aliphatic heterocycles. The van der Waals surface area contributed by atoms with Crippen LogP contribution < -0.4 is 5.32 Å². The van der Waals surface area contributed by atoms with Crippen LogP contribution in [0.5, 0.6) is 0 Å². The van der Waals surface area contributed by atoms with Gasteiger partial charge in [-0.05, 0) is 17.7 Å². The van der Waals surface area contributed by atoms with E-state index in [-0.39, 0.29) is 0 Å². The van der Waals surface area contributed by atoms with Crippen molar-refractivity contribution in [1.29, 1.82) is 0 Å². The van der Waals surface area contributed by atoms with Crippen LogP contribution >= 0.6 is 11.6 Å². The Morgan fingerprint density at radius 1 is 1.30 bits per heavy atom. The van der Waals surface area contributed by atoms with Crippen LogP contribution in [0, 0.1) is 0 Å². The summed E-state index contributed by atoms with van der Waals surface area (Å²) in [6.45, 7) is -1.56. The summed E-state index contributed by atoms with van der Waals surface area (Å²) < 4.78 is 58.9. The summed E-state index contributed by atoms with van der Waals surface area (Å²) in [7, 11) is -3.86. The molecule has 0 atom stereocenters. The Morgan fingerprint density at radius 2 is 1.95 bits per heavy atom. The molecule has 1 aromatic carbocycles. The molecule has 0 unspecified atom stereocenters. The summed E-state index contributed by atoms with van der Waals surface area (Å²) in [5, 5.41) is 1.84. The highest BCUT2D eigenvalue weighted by Gasteiger charge is 2.28. The van der Waals surface area contributed by atoms with Gasteiger partial charge in [0.15, 0.2) is 9.84 Å². The Kier molecular flexibility index (Phi) is 5.41. The fourth-order valence-corrected chi connectivity index (χ4v) is 2.89. The van der Waals surface area contributed by atoms with Gasteiger partial charge in [-0.15, -0.1) is 0 Å². The van der Waals surface area contributed by atoms with Gasteiger partial charge in [-0.1, -0.05) is 23.7 Å². The van der Waals surface area contributed by atoms with Gasteiger partial charge in [0, 0.05) is 5.02 Å². The van der Waals surface area contributed by atoms with Crippen LogP contribution in [-0.4, -0.2) is 32.8 Å². The Bertz CT molecular complexity index is 587. The second kappa shape index (κ2) is 6.45. The number of alkyl halides is 3. The molecule has 0 aliphatic carbocycles. The van der Waals surface area contributed by atoms with E-state index in [0.29, 0.717) is 10.6 Å². The summed E-state index contributed by atoms with van der Waals surface area (Å²) in [6, 6.07) is 5.99. The highest BCUT2D eigenvalue weighted by Crippen LogP contribution is 2.14. The summed E-state index contributed by atoms with van der Waals surface area (Å²) in [5.74, 6) is -2.66. The van der Waals surface area contributed by atoms with Crippen LogP contribution in [0.15, 0.2) is 24.3 Å². The minimum Gasteiger partial charge on any atom is -0.346 e. The van der Waals surface area contributed by atoms with Gasteiger partial charge in [0.1, 0.15) is 12.3 Å². The van der Waals surface area contributed by atoms with Gasteiger partial charge in [0.05, 0.1) is 5.75 Å². The van der Waals surface area contributed by atoms with Gasteiger partial charge in [-0.25, -0.2) is 8.42 Å². The van der Waals surface area contributed by atoms with Crippen LogP contribution in [0.4, 0.5) is 13.2 Å². The Balaban J connectivity index is 2.60. The average molecular weight is 330 g/mol. The smallest absolute Gasteiger partial charge is 0.346 e. The van der Waals surface area contributed by atoms with Crippen LogP contribution in [0.1, 0.15) is 5.56 Å². The zero-order chi connectivity index (χ0) is 15.4. The zero-order valence-electron chi connectivity index (χ0n) is 10.1. The molecule has 0 saturated heterocycles. The molecule has 4 nitrogen and oxygen atoms in total. The summed E-state index contributed by atoms with van der Waals surface area (Å²) in [6.07, 6.45) is -4.58. The quantitative estimate of drug-likeness (QED) is 0.898. The molecule has 0 bridgehead atoms. The predicted octanol–water partition coefficient (Wildman–Crippen LogP) is 1.93. The standard InChI is InChI=1S/C11H11ClF3NO3S/c12-9-3-1-2-8(4-9)5-20(18,19)6-10(17)16-7-11(13,14)15/h1-4H,5-7H2,(H,16,17). The average Bonchev–Trinajstić information content (AvgIpc) is 2.24. The minimum atomic E-state index is -4.58. The number of hydrogen-bond acceptors (Lipinski definition) is 3. The summed E-state index contributed by atoms with van der Waals surface area (Å²) >= 11 is 5.68. The largest absolute Gasteiger partial charge is 0.405 e. The van der Waals surface area contributed by atoms with Crippen LogP contribution in [0.25, 0.3) is 0 Å². The van der Waals surface area contributed by atoms with E-state index < -0.39 is 40.0 Å². The van der Waals surface area contributed by atoms with Crippen LogP contribution in [0.3, 0.4) is 0 Å². The van der Waals surface area contributed by atoms with Crippen molar-refractivity contribution in [2.45, 2.75) is 11.9 Å². The zero-order valence-corrected chi connectivity index (χ0v) is 11.6. The maximum atomic E-state index is 11.9. The number of benzene rings is 1. The number of nitrogens with one attached hydrogen (secondary N) is 1. The number of halogens is 4. The highest BCUT2D eigenvalue weighted by molar-refractivity contribution is 7.91. The fraction of sp³-hybridized carbons (Fsp3) is 0.364. The molecule has 0 radical (unpaired) electrons. The van der Waals surface area contributed by atoms with Crippen molar-refractivity contribution in [2.24, 2.45) is 0 Å². The molecule has 0 heterocycles. The van der Waals surface area contributed by atoms with Gasteiger partial charge < -0.3 is 5.32 Å². The number of sulfone groups is 1. The number of rotatable bonds is 5. The molecule has 112 valence electrons. The third kappa shape index (κ3) is 6.76. The van der Waals surface area contributed by atoms with Crippen molar-refractivity contribution in [3.8, 4) is 0 Å². The van der Waals surface area contributed by atoms with Crippen molar-refractivity contribution in [3.05, 3.63) is 34.9 Å². The molecular formula is C11H11ClF3NO3S. The molecule has 20 heavy (non-hydrogen) atoms. The van der Waals surface area contributed by atoms with Gasteiger partial charge >= 0.3 is 6.18 Å². The van der Waals surface area contributed by atoms with E-state index in [1.54, 1.807) is 6.07 Å². The lowest BCUT2D eigenvalue weighted by Gasteiger charge is -2.09. The van der Waals surface area contributed by atoms with Crippen LogP contribution in [-0.2, 0) is 20.4 Å². The molecule has 0 fully saturated rings. The summed E-state index contributed by atoms with van der Waals surface area (Å²) in [4.78, 5) is 11.1. The minimum absolute atomic E-state index is 0.333. The molecule has 0 spiro atoms. The fourth-order valence-electron chi connectivity index (χ4n) is 1.38. The Hall–Kier alpha value is -1.28. The highest BCUT2D eigenvalue weighted by atomic mass is 35.5. The summed E-state index contributed by atoms with van der Waals surface area (Å²) in [5.41, 5.74) is 0.362. The lowest BCUT2D eigenvalue weighted by Crippen LogP contribution is -2.37. The predicted molar refractivity (Wildman–Crippen MR) is 68.0 cm³/mol. The molecule has 1 aromatic rings. The maximum absolute atomic E-state index is 11.9. The molecule has 0 aromatic heterocycles. The monoisotopic (exact) mass is 329 g/mol. The maximum Gasteiger partial charge on any atom is 0.405 e. The van der Waals surface area contributed by atoms with Crippen LogP contribution in [0.2, 0.25) is 5.02 Å². The van der Waals surface area contributed by atoms with E-state index in [2.05, 4.69) is 0 Å². The van der Waals surface area contributed by atoms with E-state index >= 15 is 0 Å². The van der Waals surface area contributed by atoms with Gasteiger partial charge in [-0.2, -0.15) is 13.2 Å². The third-order valence-electron chi connectivity index (χ3n) is 2.11. The molecular weight excluding hydrogens is 319 g/mol. The molecule has 9 heteroatoms. The first-order valence-electron chi connectivity index (χ1n) is 5.36. The number of carbonyl (C=O) groups excluding carboxylic acids is 1. The molecule has 1 amide bonds. The second-order valence-corrected chi connectivity index (χ2v) is 6.55.